The molecular weight excluding hydrogens is 224 g/mol. The Kier molecular flexibility index (Phi) is 5.05. The lowest BCUT2D eigenvalue weighted by Gasteiger charge is -2.61. The molecule has 2 unspecified atom stereocenters. The van der Waals surface area contributed by atoms with Gasteiger partial charge in [-0.25, -0.2) is 0 Å². The SMILES string of the molecule is CCOC1CC(NCCN(CC)CC)C12CCC2. The fourth-order valence-electron chi connectivity index (χ4n) is 3.66. The van der Waals surface area contributed by atoms with E-state index in [1.165, 1.54) is 32.2 Å². The third-order valence-electron chi connectivity index (χ3n) is 5.15. The first-order chi connectivity index (χ1) is 8.76. The average molecular weight is 254 g/mol. The van der Waals surface area contributed by atoms with E-state index in [4.69, 9.17) is 4.74 Å². The molecule has 0 aromatic carbocycles. The van der Waals surface area contributed by atoms with Gasteiger partial charge < -0.3 is 15.0 Å². The zero-order chi connectivity index (χ0) is 13.0. The average Bonchev–Trinajstić information content (AvgIpc) is 2.30. The summed E-state index contributed by atoms with van der Waals surface area (Å²) in [5.41, 5.74) is 0.513. The predicted molar refractivity (Wildman–Crippen MR) is 75.9 cm³/mol. The number of nitrogens with one attached hydrogen (secondary N) is 1. The molecule has 2 aliphatic carbocycles. The monoisotopic (exact) mass is 254 g/mol. The van der Waals surface area contributed by atoms with Gasteiger partial charge in [-0.1, -0.05) is 20.3 Å². The first-order valence-corrected chi connectivity index (χ1v) is 7.84. The molecule has 2 rings (SSSR count). The molecule has 2 atom stereocenters. The van der Waals surface area contributed by atoms with E-state index < -0.39 is 0 Å². The van der Waals surface area contributed by atoms with Gasteiger partial charge in [0.25, 0.3) is 0 Å². The molecule has 0 bridgehead atoms. The molecule has 0 aliphatic heterocycles. The van der Waals surface area contributed by atoms with Crippen LogP contribution in [0.25, 0.3) is 0 Å². The molecule has 2 aliphatic rings. The van der Waals surface area contributed by atoms with Crippen molar-refractivity contribution in [1.29, 1.82) is 0 Å². The number of rotatable bonds is 8. The minimum Gasteiger partial charge on any atom is -0.378 e. The molecule has 18 heavy (non-hydrogen) atoms. The van der Waals surface area contributed by atoms with Crippen molar-refractivity contribution in [1.82, 2.24) is 10.2 Å². The summed E-state index contributed by atoms with van der Waals surface area (Å²) in [7, 11) is 0. The van der Waals surface area contributed by atoms with Crippen molar-refractivity contribution in [3.63, 3.8) is 0 Å². The second kappa shape index (κ2) is 6.36. The highest BCUT2D eigenvalue weighted by Crippen LogP contribution is 2.57. The highest BCUT2D eigenvalue weighted by Gasteiger charge is 2.58. The van der Waals surface area contributed by atoms with Crippen molar-refractivity contribution < 1.29 is 4.74 Å². The van der Waals surface area contributed by atoms with Gasteiger partial charge in [-0.05, 0) is 39.3 Å². The molecule has 3 nitrogen and oxygen atoms in total. The predicted octanol–water partition coefficient (Wildman–Crippen LogP) is 2.27. The highest BCUT2D eigenvalue weighted by molar-refractivity contribution is 5.12. The summed E-state index contributed by atoms with van der Waals surface area (Å²) in [5.74, 6) is 0. The van der Waals surface area contributed by atoms with Crippen LogP contribution in [0.5, 0.6) is 0 Å². The fourth-order valence-corrected chi connectivity index (χ4v) is 3.66. The van der Waals surface area contributed by atoms with Gasteiger partial charge in [0, 0.05) is 31.2 Å². The maximum atomic E-state index is 5.89. The van der Waals surface area contributed by atoms with Crippen LogP contribution in [0.15, 0.2) is 0 Å². The first-order valence-electron chi connectivity index (χ1n) is 7.84. The van der Waals surface area contributed by atoms with Crippen LogP contribution >= 0.6 is 0 Å². The van der Waals surface area contributed by atoms with E-state index in [-0.39, 0.29) is 0 Å². The molecule has 1 N–H and O–H groups in total. The zero-order valence-corrected chi connectivity index (χ0v) is 12.4. The Hall–Kier alpha value is -0.120. The lowest BCUT2D eigenvalue weighted by Crippen LogP contribution is -2.67. The number of ether oxygens (including phenoxy) is 1. The van der Waals surface area contributed by atoms with E-state index in [0.29, 0.717) is 11.5 Å². The molecule has 2 fully saturated rings. The molecule has 2 saturated carbocycles. The van der Waals surface area contributed by atoms with Crippen molar-refractivity contribution in [3.8, 4) is 0 Å². The molecule has 0 radical (unpaired) electrons. The van der Waals surface area contributed by atoms with Crippen LogP contribution in [0.1, 0.15) is 46.5 Å². The van der Waals surface area contributed by atoms with Crippen LogP contribution in [-0.4, -0.2) is 49.8 Å². The Bertz CT molecular complexity index is 249. The second-order valence-electron chi connectivity index (χ2n) is 5.80. The van der Waals surface area contributed by atoms with Crippen molar-refractivity contribution in [2.45, 2.75) is 58.6 Å². The first kappa shape index (κ1) is 14.3. The maximum absolute atomic E-state index is 5.89. The van der Waals surface area contributed by atoms with Crippen LogP contribution in [-0.2, 0) is 4.74 Å². The molecule has 0 amide bonds. The van der Waals surface area contributed by atoms with Crippen LogP contribution in [0.2, 0.25) is 0 Å². The Morgan fingerprint density at radius 1 is 1.22 bits per heavy atom. The molecule has 1 spiro atoms. The molecule has 0 aromatic rings. The molecular formula is C15H30N2O. The van der Waals surface area contributed by atoms with E-state index in [9.17, 15) is 0 Å². The molecule has 0 aromatic heterocycles. The number of hydrogen-bond donors (Lipinski definition) is 1. The third-order valence-corrected chi connectivity index (χ3v) is 5.15. The van der Waals surface area contributed by atoms with Gasteiger partial charge in [0.05, 0.1) is 6.10 Å². The summed E-state index contributed by atoms with van der Waals surface area (Å²) < 4.78 is 5.89. The molecule has 3 heteroatoms. The van der Waals surface area contributed by atoms with E-state index in [0.717, 1.165) is 32.3 Å². The smallest absolute Gasteiger partial charge is 0.0661 e. The van der Waals surface area contributed by atoms with Crippen molar-refractivity contribution in [3.05, 3.63) is 0 Å². The lowest BCUT2D eigenvalue weighted by atomic mass is 9.51. The van der Waals surface area contributed by atoms with Gasteiger partial charge in [0.2, 0.25) is 0 Å². The van der Waals surface area contributed by atoms with Crippen molar-refractivity contribution in [2.75, 3.05) is 32.8 Å². The van der Waals surface area contributed by atoms with Crippen molar-refractivity contribution in [2.24, 2.45) is 5.41 Å². The number of hydrogen-bond acceptors (Lipinski definition) is 3. The topological polar surface area (TPSA) is 24.5 Å². The van der Waals surface area contributed by atoms with E-state index in [1.807, 2.05) is 0 Å². The summed E-state index contributed by atoms with van der Waals surface area (Å²) in [6.45, 7) is 12.1. The van der Waals surface area contributed by atoms with Gasteiger partial charge in [-0.3, -0.25) is 0 Å². The normalized spacial score (nSPS) is 29.3. The van der Waals surface area contributed by atoms with Gasteiger partial charge in [-0.2, -0.15) is 0 Å². The van der Waals surface area contributed by atoms with Crippen LogP contribution in [0.3, 0.4) is 0 Å². The lowest BCUT2D eigenvalue weighted by molar-refractivity contribution is -0.172. The van der Waals surface area contributed by atoms with E-state index in [1.54, 1.807) is 0 Å². The highest BCUT2D eigenvalue weighted by atomic mass is 16.5. The number of likely N-dealkylation sites (N-methyl/N-ethyl adjacent to an activating group) is 1. The van der Waals surface area contributed by atoms with Crippen molar-refractivity contribution >= 4 is 0 Å². The zero-order valence-electron chi connectivity index (χ0n) is 12.4. The Labute approximate surface area is 112 Å². The van der Waals surface area contributed by atoms with Crippen LogP contribution in [0.4, 0.5) is 0 Å². The van der Waals surface area contributed by atoms with Gasteiger partial charge in [-0.15, -0.1) is 0 Å². The summed E-state index contributed by atoms with van der Waals surface area (Å²) in [5, 5.41) is 3.78. The van der Waals surface area contributed by atoms with Crippen LogP contribution < -0.4 is 5.32 Å². The maximum Gasteiger partial charge on any atom is 0.0661 e. The standard InChI is InChI=1S/C15H30N2O/c1-4-17(5-2)11-10-16-13-12-14(18-6-3)15(13)8-7-9-15/h13-14,16H,4-12H2,1-3H3. The quantitative estimate of drug-likeness (QED) is 0.719. The second-order valence-corrected chi connectivity index (χ2v) is 5.80. The Morgan fingerprint density at radius 2 is 1.94 bits per heavy atom. The summed E-state index contributed by atoms with van der Waals surface area (Å²) in [4.78, 5) is 2.49. The summed E-state index contributed by atoms with van der Waals surface area (Å²) in [6.07, 6.45) is 5.92. The van der Waals surface area contributed by atoms with E-state index in [2.05, 4.69) is 31.0 Å². The largest absolute Gasteiger partial charge is 0.378 e. The minimum absolute atomic E-state index is 0.513. The van der Waals surface area contributed by atoms with Gasteiger partial charge >= 0.3 is 0 Å². The van der Waals surface area contributed by atoms with Gasteiger partial charge in [0.1, 0.15) is 0 Å². The molecule has 0 heterocycles. The number of nitrogens with zero attached hydrogens (tertiary/aromatic N) is 1. The van der Waals surface area contributed by atoms with E-state index >= 15 is 0 Å². The molecule has 0 saturated heterocycles. The Morgan fingerprint density at radius 3 is 2.44 bits per heavy atom. The molecule has 106 valence electrons. The summed E-state index contributed by atoms with van der Waals surface area (Å²) >= 11 is 0. The minimum atomic E-state index is 0.513. The van der Waals surface area contributed by atoms with Gasteiger partial charge in [0.15, 0.2) is 0 Å². The van der Waals surface area contributed by atoms with Crippen LogP contribution in [0, 0.1) is 5.41 Å². The summed E-state index contributed by atoms with van der Waals surface area (Å²) in [6, 6.07) is 0.721. The fraction of sp³-hybridized carbons (Fsp3) is 1.00. The third kappa shape index (κ3) is 2.59. The Balaban J connectivity index is 1.71.